The van der Waals surface area contributed by atoms with Crippen LogP contribution >= 0.6 is 0 Å². The summed E-state index contributed by atoms with van der Waals surface area (Å²) in [6.45, 7) is 1.77. The second-order valence-corrected chi connectivity index (χ2v) is 7.88. The fourth-order valence-electron chi connectivity index (χ4n) is 3.85. The fourth-order valence-corrected chi connectivity index (χ4v) is 3.85. The molecule has 2 N–H and O–H groups in total. The molecule has 1 saturated heterocycles. The largest absolute Gasteiger partial charge is 0.381 e. The molecule has 1 aromatic carbocycles. The van der Waals surface area contributed by atoms with Crippen LogP contribution in [0.3, 0.4) is 0 Å². The van der Waals surface area contributed by atoms with Gasteiger partial charge in [0.2, 0.25) is 5.91 Å². The summed E-state index contributed by atoms with van der Waals surface area (Å²) in [4.78, 5) is 24.6. The summed E-state index contributed by atoms with van der Waals surface area (Å²) in [6, 6.07) is 7.28. The lowest BCUT2D eigenvalue weighted by molar-refractivity contribution is -0.119. The molecular formula is C23H28N4O3. The molecule has 1 aromatic heterocycles. The Balaban J connectivity index is 1.29. The molecule has 7 nitrogen and oxygen atoms in total. The monoisotopic (exact) mass is 408 g/mol. The SMILES string of the molecule is O=C(NCCC1=CCCCC1)c1ccc(-n2cc(NC(=O)[C@H]3CCOC3)cn2)cc1. The van der Waals surface area contributed by atoms with Gasteiger partial charge in [-0.25, -0.2) is 4.68 Å². The fraction of sp³-hybridized carbons (Fsp3) is 0.435. The van der Waals surface area contributed by atoms with Gasteiger partial charge in [-0.3, -0.25) is 9.59 Å². The number of allylic oxidation sites excluding steroid dienone is 1. The lowest BCUT2D eigenvalue weighted by Crippen LogP contribution is -2.24. The minimum absolute atomic E-state index is 0.0388. The third-order valence-electron chi connectivity index (χ3n) is 5.66. The van der Waals surface area contributed by atoms with Crippen molar-refractivity contribution in [3.05, 3.63) is 53.9 Å². The number of benzene rings is 1. The number of hydrogen-bond donors (Lipinski definition) is 2. The van der Waals surface area contributed by atoms with Gasteiger partial charge >= 0.3 is 0 Å². The maximum absolute atomic E-state index is 12.4. The molecule has 0 bridgehead atoms. The highest BCUT2D eigenvalue weighted by Gasteiger charge is 2.23. The van der Waals surface area contributed by atoms with E-state index < -0.39 is 0 Å². The van der Waals surface area contributed by atoms with Crippen molar-refractivity contribution in [1.82, 2.24) is 15.1 Å². The highest BCUT2D eigenvalue weighted by Crippen LogP contribution is 2.20. The van der Waals surface area contributed by atoms with Crippen molar-refractivity contribution in [2.24, 2.45) is 5.92 Å². The molecule has 7 heteroatoms. The molecule has 1 fully saturated rings. The number of nitrogens with zero attached hydrogens (tertiary/aromatic N) is 2. The Morgan fingerprint density at radius 3 is 2.80 bits per heavy atom. The van der Waals surface area contributed by atoms with Gasteiger partial charge in [0.05, 0.1) is 36.3 Å². The Hall–Kier alpha value is -2.93. The molecular weight excluding hydrogens is 380 g/mol. The van der Waals surface area contributed by atoms with E-state index in [1.54, 1.807) is 29.2 Å². The van der Waals surface area contributed by atoms with Crippen LogP contribution in [-0.4, -0.2) is 41.4 Å². The van der Waals surface area contributed by atoms with Gasteiger partial charge in [0.25, 0.3) is 5.91 Å². The van der Waals surface area contributed by atoms with Gasteiger partial charge in [-0.1, -0.05) is 11.6 Å². The Kier molecular flexibility index (Phi) is 6.59. The number of hydrogen-bond acceptors (Lipinski definition) is 4. The first kappa shape index (κ1) is 20.3. The minimum Gasteiger partial charge on any atom is -0.381 e. The summed E-state index contributed by atoms with van der Waals surface area (Å²) >= 11 is 0. The second kappa shape index (κ2) is 9.71. The summed E-state index contributed by atoms with van der Waals surface area (Å²) in [5, 5.41) is 10.2. The number of aromatic nitrogens is 2. The van der Waals surface area contributed by atoms with Gasteiger partial charge in [0.1, 0.15) is 0 Å². The van der Waals surface area contributed by atoms with Crippen molar-refractivity contribution >= 4 is 17.5 Å². The Morgan fingerprint density at radius 1 is 1.20 bits per heavy atom. The summed E-state index contributed by atoms with van der Waals surface area (Å²) in [5.41, 5.74) is 3.55. The van der Waals surface area contributed by atoms with Gasteiger partial charge in [0.15, 0.2) is 0 Å². The number of carbonyl (C=O) groups is 2. The molecule has 4 rings (SSSR count). The molecule has 30 heavy (non-hydrogen) atoms. The number of rotatable bonds is 7. The van der Waals surface area contributed by atoms with Crippen molar-refractivity contribution in [1.29, 1.82) is 0 Å². The number of amides is 2. The molecule has 1 aliphatic carbocycles. The summed E-state index contributed by atoms with van der Waals surface area (Å²) < 4.78 is 6.94. The maximum Gasteiger partial charge on any atom is 0.251 e. The zero-order valence-electron chi connectivity index (χ0n) is 17.1. The van der Waals surface area contributed by atoms with Crippen LogP contribution < -0.4 is 10.6 Å². The molecule has 0 saturated carbocycles. The van der Waals surface area contributed by atoms with E-state index in [1.165, 1.54) is 24.8 Å². The molecule has 2 aliphatic rings. The number of anilines is 1. The predicted molar refractivity (Wildman–Crippen MR) is 115 cm³/mol. The average Bonchev–Trinajstić information content (AvgIpc) is 3.47. The second-order valence-electron chi connectivity index (χ2n) is 7.88. The predicted octanol–water partition coefficient (Wildman–Crippen LogP) is 3.47. The molecule has 0 radical (unpaired) electrons. The third kappa shape index (κ3) is 5.16. The molecule has 0 unspecified atom stereocenters. The van der Waals surface area contributed by atoms with Gasteiger partial charge in [-0.2, -0.15) is 5.10 Å². The van der Waals surface area contributed by atoms with Crippen molar-refractivity contribution in [2.75, 3.05) is 25.1 Å². The highest BCUT2D eigenvalue weighted by molar-refractivity contribution is 5.94. The van der Waals surface area contributed by atoms with Gasteiger partial charge in [-0.15, -0.1) is 0 Å². The molecule has 2 heterocycles. The maximum atomic E-state index is 12.4. The molecule has 2 amide bonds. The topological polar surface area (TPSA) is 85.2 Å². The standard InChI is InChI=1S/C23H28N4O3/c28-22(24-12-10-17-4-2-1-3-5-17)18-6-8-21(9-7-18)27-15-20(14-25-27)26-23(29)19-11-13-30-16-19/h4,6-9,14-15,19H,1-3,5,10-13,16H2,(H,24,28)(H,26,29)/t19-/m0/s1. The van der Waals surface area contributed by atoms with E-state index in [1.807, 2.05) is 12.1 Å². The molecule has 0 spiro atoms. The number of carbonyl (C=O) groups excluding carboxylic acids is 2. The van der Waals surface area contributed by atoms with Crippen molar-refractivity contribution in [2.45, 2.75) is 38.5 Å². The first-order valence-corrected chi connectivity index (χ1v) is 10.7. The van der Waals surface area contributed by atoms with Crippen LogP contribution in [0.1, 0.15) is 48.9 Å². The van der Waals surface area contributed by atoms with Crippen molar-refractivity contribution in [3.63, 3.8) is 0 Å². The first-order valence-electron chi connectivity index (χ1n) is 10.7. The molecule has 158 valence electrons. The van der Waals surface area contributed by atoms with E-state index in [0.717, 1.165) is 24.9 Å². The van der Waals surface area contributed by atoms with Gasteiger partial charge in [0, 0.05) is 18.7 Å². The Morgan fingerprint density at radius 2 is 2.07 bits per heavy atom. The van der Waals surface area contributed by atoms with Crippen LogP contribution in [0.25, 0.3) is 5.69 Å². The average molecular weight is 409 g/mol. The van der Waals surface area contributed by atoms with E-state index in [-0.39, 0.29) is 17.7 Å². The first-order chi connectivity index (χ1) is 14.7. The highest BCUT2D eigenvalue weighted by atomic mass is 16.5. The Bertz CT molecular complexity index is 911. The van der Waals surface area contributed by atoms with Crippen molar-refractivity contribution < 1.29 is 14.3 Å². The normalized spacial score (nSPS) is 18.7. The van der Waals surface area contributed by atoms with Crippen LogP contribution in [0.15, 0.2) is 48.3 Å². The van der Waals surface area contributed by atoms with Gasteiger partial charge < -0.3 is 15.4 Å². The van der Waals surface area contributed by atoms with Crippen LogP contribution in [0.2, 0.25) is 0 Å². The third-order valence-corrected chi connectivity index (χ3v) is 5.66. The van der Waals surface area contributed by atoms with E-state index >= 15 is 0 Å². The smallest absolute Gasteiger partial charge is 0.251 e. The van der Waals surface area contributed by atoms with Crippen LogP contribution in [0.5, 0.6) is 0 Å². The number of ether oxygens (including phenoxy) is 1. The number of nitrogens with one attached hydrogen (secondary N) is 2. The van der Waals surface area contributed by atoms with Crippen LogP contribution in [0.4, 0.5) is 5.69 Å². The van der Waals surface area contributed by atoms with Gasteiger partial charge in [-0.05, 0) is 62.8 Å². The quantitative estimate of drug-likeness (QED) is 0.687. The zero-order chi connectivity index (χ0) is 20.8. The summed E-state index contributed by atoms with van der Waals surface area (Å²) in [6.07, 6.45) is 12.2. The van der Waals surface area contributed by atoms with E-state index in [0.29, 0.717) is 31.0 Å². The lowest BCUT2D eigenvalue weighted by atomic mass is 9.97. The van der Waals surface area contributed by atoms with E-state index in [4.69, 9.17) is 4.74 Å². The molecule has 2 aromatic rings. The van der Waals surface area contributed by atoms with Crippen molar-refractivity contribution in [3.8, 4) is 5.69 Å². The van der Waals surface area contributed by atoms with E-state index in [9.17, 15) is 9.59 Å². The minimum atomic E-state index is -0.0967. The van der Waals surface area contributed by atoms with E-state index in [2.05, 4.69) is 21.8 Å². The zero-order valence-corrected chi connectivity index (χ0v) is 17.1. The molecule has 1 aliphatic heterocycles. The molecule has 1 atom stereocenters. The summed E-state index contributed by atoms with van der Waals surface area (Å²) in [5.74, 6) is -0.200. The lowest BCUT2D eigenvalue weighted by Gasteiger charge is -2.13. The van der Waals surface area contributed by atoms with Crippen LogP contribution in [-0.2, 0) is 9.53 Å². The summed E-state index contributed by atoms with van der Waals surface area (Å²) in [7, 11) is 0. The Labute approximate surface area is 176 Å². The van der Waals surface area contributed by atoms with Crippen LogP contribution in [0, 0.1) is 5.92 Å².